The second-order valence-corrected chi connectivity index (χ2v) is 6.59. The number of ether oxygens (including phenoxy) is 1. The molecule has 0 bridgehead atoms. The Labute approximate surface area is 152 Å². The topological polar surface area (TPSA) is 42.7 Å². The van der Waals surface area contributed by atoms with E-state index in [0.29, 0.717) is 18.9 Å². The third-order valence-electron chi connectivity index (χ3n) is 4.83. The van der Waals surface area contributed by atoms with E-state index in [1.54, 1.807) is 0 Å². The highest BCUT2D eigenvalue weighted by Gasteiger charge is 2.19. The minimum absolute atomic E-state index is 0.146. The molecule has 0 saturated carbocycles. The number of nitrogens with zero attached hydrogens (tertiary/aromatic N) is 1. The summed E-state index contributed by atoms with van der Waals surface area (Å²) in [6.07, 6.45) is 2.45. The van der Waals surface area contributed by atoms with Crippen LogP contribution in [0.4, 0.5) is 5.69 Å². The zero-order valence-electron chi connectivity index (χ0n) is 14.8. The lowest BCUT2D eigenvalue weighted by Gasteiger charge is -2.18. The van der Waals surface area contributed by atoms with Crippen LogP contribution in [-0.4, -0.2) is 6.54 Å². The van der Waals surface area contributed by atoms with Crippen molar-refractivity contribution in [3.05, 3.63) is 93.5 Å². The number of benzene rings is 2. The van der Waals surface area contributed by atoms with Gasteiger partial charge in [0.1, 0.15) is 18.6 Å². The Bertz CT molecular complexity index is 977. The molecule has 0 radical (unpaired) electrons. The Balaban J connectivity index is 1.45. The first-order chi connectivity index (χ1) is 12.7. The molecule has 4 rings (SSSR count). The molecule has 0 N–H and O–H groups in total. The van der Waals surface area contributed by atoms with Crippen molar-refractivity contribution < 1.29 is 9.15 Å². The molecular weight excluding hydrogens is 326 g/mol. The summed E-state index contributed by atoms with van der Waals surface area (Å²) >= 11 is 0. The van der Waals surface area contributed by atoms with Gasteiger partial charge in [-0.05, 0) is 36.1 Å². The predicted octanol–water partition coefficient (Wildman–Crippen LogP) is 4.09. The lowest BCUT2D eigenvalue weighted by Crippen LogP contribution is -2.20. The van der Waals surface area contributed by atoms with Crippen LogP contribution in [0.3, 0.4) is 0 Å². The number of hydrogen-bond donors (Lipinski definition) is 0. The first kappa shape index (κ1) is 16.5. The molecule has 4 nitrogen and oxygen atoms in total. The van der Waals surface area contributed by atoms with Gasteiger partial charge in [0.15, 0.2) is 0 Å². The molecule has 0 aliphatic carbocycles. The van der Waals surface area contributed by atoms with Crippen LogP contribution in [0, 0.1) is 6.92 Å². The number of hydrogen-bond acceptors (Lipinski definition) is 4. The molecule has 1 aliphatic rings. The average Bonchev–Trinajstić information content (AvgIpc) is 3.05. The van der Waals surface area contributed by atoms with Gasteiger partial charge >= 0.3 is 0 Å². The summed E-state index contributed by atoms with van der Waals surface area (Å²) in [5, 5.41) is 0. The predicted molar refractivity (Wildman–Crippen MR) is 102 cm³/mol. The molecule has 132 valence electrons. The maximum atomic E-state index is 12.4. The molecule has 2 aromatic carbocycles. The standard InChI is InChI=1S/C22H21NO3/c1-16-6-2-3-8-18(16)14-26-22-15-25-19(12-21(22)24)13-23-11-10-17-7-4-5-9-20(17)23/h2-9,12,15H,10-11,13-14H2,1H3. The molecule has 3 aromatic rings. The van der Waals surface area contributed by atoms with Crippen LogP contribution in [0.25, 0.3) is 0 Å². The maximum absolute atomic E-state index is 12.4. The van der Waals surface area contributed by atoms with Crippen LogP contribution < -0.4 is 15.1 Å². The van der Waals surface area contributed by atoms with E-state index in [0.717, 1.165) is 24.1 Å². The minimum Gasteiger partial charge on any atom is -0.482 e. The molecule has 26 heavy (non-hydrogen) atoms. The summed E-state index contributed by atoms with van der Waals surface area (Å²) < 4.78 is 11.3. The van der Waals surface area contributed by atoms with Gasteiger partial charge in [-0.1, -0.05) is 42.5 Å². The number of rotatable bonds is 5. The van der Waals surface area contributed by atoms with Crippen LogP contribution in [0.2, 0.25) is 0 Å². The summed E-state index contributed by atoms with van der Waals surface area (Å²) in [5.41, 5.74) is 4.61. The zero-order valence-corrected chi connectivity index (χ0v) is 14.8. The van der Waals surface area contributed by atoms with E-state index >= 15 is 0 Å². The second-order valence-electron chi connectivity index (χ2n) is 6.59. The monoisotopic (exact) mass is 347 g/mol. The summed E-state index contributed by atoms with van der Waals surface area (Å²) in [4.78, 5) is 14.6. The zero-order chi connectivity index (χ0) is 17.9. The van der Waals surface area contributed by atoms with Gasteiger partial charge in [-0.2, -0.15) is 0 Å². The molecule has 1 aromatic heterocycles. The van der Waals surface area contributed by atoms with Gasteiger partial charge in [-0.3, -0.25) is 4.79 Å². The van der Waals surface area contributed by atoms with E-state index < -0.39 is 0 Å². The summed E-state index contributed by atoms with van der Waals surface area (Å²) in [6, 6.07) is 17.9. The van der Waals surface area contributed by atoms with Crippen molar-refractivity contribution >= 4 is 5.69 Å². The molecule has 0 unspecified atom stereocenters. The smallest absolute Gasteiger partial charge is 0.227 e. The Kier molecular flexibility index (Phi) is 4.48. The first-order valence-electron chi connectivity index (χ1n) is 8.82. The highest BCUT2D eigenvalue weighted by molar-refractivity contribution is 5.57. The van der Waals surface area contributed by atoms with Crippen molar-refractivity contribution in [3.8, 4) is 5.75 Å². The Hall–Kier alpha value is -3.01. The largest absolute Gasteiger partial charge is 0.482 e. The molecule has 1 aliphatic heterocycles. The van der Waals surface area contributed by atoms with Crippen molar-refractivity contribution in [3.63, 3.8) is 0 Å². The van der Waals surface area contributed by atoms with Gasteiger partial charge in [0.05, 0.1) is 6.54 Å². The van der Waals surface area contributed by atoms with E-state index in [2.05, 4.69) is 23.1 Å². The molecule has 0 saturated heterocycles. The van der Waals surface area contributed by atoms with Crippen LogP contribution in [0.5, 0.6) is 5.75 Å². The Morgan fingerprint density at radius 3 is 2.77 bits per heavy atom. The number of anilines is 1. The van der Waals surface area contributed by atoms with Gasteiger partial charge in [0.2, 0.25) is 11.2 Å². The molecule has 2 heterocycles. The van der Waals surface area contributed by atoms with Crippen LogP contribution in [0.1, 0.15) is 22.5 Å². The van der Waals surface area contributed by atoms with E-state index in [4.69, 9.17) is 9.15 Å². The van der Waals surface area contributed by atoms with Gasteiger partial charge < -0.3 is 14.1 Å². The molecular formula is C22H21NO3. The van der Waals surface area contributed by atoms with Gasteiger partial charge in [-0.25, -0.2) is 0 Å². The van der Waals surface area contributed by atoms with Crippen LogP contribution in [0.15, 0.2) is 70.1 Å². The summed E-state index contributed by atoms with van der Waals surface area (Å²) in [5.74, 6) is 0.897. The van der Waals surface area contributed by atoms with Gasteiger partial charge in [0.25, 0.3) is 0 Å². The van der Waals surface area contributed by atoms with E-state index in [-0.39, 0.29) is 11.2 Å². The summed E-state index contributed by atoms with van der Waals surface area (Å²) in [6.45, 7) is 3.91. The van der Waals surface area contributed by atoms with Crippen molar-refractivity contribution in [2.24, 2.45) is 0 Å². The second kappa shape index (κ2) is 7.08. The Morgan fingerprint density at radius 2 is 1.92 bits per heavy atom. The number of aryl methyl sites for hydroxylation is 1. The molecule has 0 atom stereocenters. The lowest BCUT2D eigenvalue weighted by atomic mass is 10.1. The van der Waals surface area contributed by atoms with Crippen molar-refractivity contribution in [2.75, 3.05) is 11.4 Å². The molecule has 0 amide bonds. The third-order valence-corrected chi connectivity index (χ3v) is 4.83. The lowest BCUT2D eigenvalue weighted by molar-refractivity contribution is 0.289. The van der Waals surface area contributed by atoms with E-state index in [1.807, 2.05) is 37.3 Å². The maximum Gasteiger partial charge on any atom is 0.227 e. The first-order valence-corrected chi connectivity index (χ1v) is 8.82. The third kappa shape index (κ3) is 3.36. The van der Waals surface area contributed by atoms with Crippen molar-refractivity contribution in [2.45, 2.75) is 26.5 Å². The quantitative estimate of drug-likeness (QED) is 0.697. The highest BCUT2D eigenvalue weighted by Crippen LogP contribution is 2.28. The van der Waals surface area contributed by atoms with Crippen molar-refractivity contribution in [1.82, 2.24) is 0 Å². The number of para-hydroxylation sites is 1. The molecule has 0 fully saturated rings. The fourth-order valence-corrected chi connectivity index (χ4v) is 3.31. The number of fused-ring (bicyclic) bond motifs is 1. The van der Waals surface area contributed by atoms with Crippen molar-refractivity contribution in [1.29, 1.82) is 0 Å². The average molecular weight is 347 g/mol. The van der Waals surface area contributed by atoms with Gasteiger partial charge in [0, 0.05) is 18.3 Å². The summed E-state index contributed by atoms with van der Waals surface area (Å²) in [7, 11) is 0. The van der Waals surface area contributed by atoms with E-state index in [1.165, 1.54) is 23.6 Å². The molecule has 4 heteroatoms. The van der Waals surface area contributed by atoms with E-state index in [9.17, 15) is 4.79 Å². The van der Waals surface area contributed by atoms with Crippen LogP contribution >= 0.6 is 0 Å². The van der Waals surface area contributed by atoms with Gasteiger partial charge in [-0.15, -0.1) is 0 Å². The van der Waals surface area contributed by atoms with Crippen LogP contribution in [-0.2, 0) is 19.6 Å². The normalized spacial score (nSPS) is 12.9. The highest BCUT2D eigenvalue weighted by atomic mass is 16.5. The fourth-order valence-electron chi connectivity index (χ4n) is 3.31. The fraction of sp³-hybridized carbons (Fsp3) is 0.227. The SMILES string of the molecule is Cc1ccccc1COc1coc(CN2CCc3ccccc32)cc1=O. The molecule has 0 spiro atoms. The Morgan fingerprint density at radius 1 is 1.12 bits per heavy atom. The minimum atomic E-state index is -0.146.